The second kappa shape index (κ2) is 4.98. The Balaban J connectivity index is 2.66. The molecule has 0 unspecified atom stereocenters. The molecule has 0 aromatic carbocycles. The summed E-state index contributed by atoms with van der Waals surface area (Å²) in [5.74, 6) is -0.158. The number of rotatable bonds is 3. The van der Waals surface area contributed by atoms with Crippen molar-refractivity contribution < 1.29 is 9.53 Å². The second-order valence-electron chi connectivity index (χ2n) is 4.34. The van der Waals surface area contributed by atoms with Gasteiger partial charge in [0.25, 0.3) is 0 Å². The predicted octanol–water partition coefficient (Wildman–Crippen LogP) is 3.29. The first-order valence-corrected chi connectivity index (χ1v) is 6.26. The molecule has 2 heterocycles. The highest BCUT2D eigenvalue weighted by molar-refractivity contribution is 6.31. The van der Waals surface area contributed by atoms with Crippen LogP contribution in [-0.4, -0.2) is 22.2 Å². The van der Waals surface area contributed by atoms with Crippen LogP contribution in [0.25, 0.3) is 5.52 Å². The van der Waals surface area contributed by atoms with E-state index >= 15 is 0 Å². The average molecular weight is 267 g/mol. The molecule has 0 saturated heterocycles. The molecule has 2 aromatic heterocycles. The molecule has 0 radical (unpaired) electrons. The van der Waals surface area contributed by atoms with E-state index in [9.17, 15) is 4.79 Å². The van der Waals surface area contributed by atoms with E-state index in [4.69, 9.17) is 16.3 Å². The van der Waals surface area contributed by atoms with Crippen molar-refractivity contribution in [3.05, 3.63) is 34.6 Å². The summed E-state index contributed by atoms with van der Waals surface area (Å²) in [5, 5.41) is 4.78. The van der Waals surface area contributed by atoms with Gasteiger partial charge in [0.1, 0.15) is 0 Å². The van der Waals surface area contributed by atoms with E-state index in [0.717, 1.165) is 11.1 Å². The Morgan fingerprint density at radius 2 is 2.28 bits per heavy atom. The van der Waals surface area contributed by atoms with E-state index < -0.39 is 0 Å². The van der Waals surface area contributed by atoms with Crippen molar-refractivity contribution in [1.82, 2.24) is 9.61 Å². The summed E-state index contributed by atoms with van der Waals surface area (Å²) in [4.78, 5) is 11.9. The number of esters is 1. The molecule has 0 spiro atoms. The molecule has 4 nitrogen and oxygen atoms in total. The van der Waals surface area contributed by atoms with Gasteiger partial charge in [-0.25, -0.2) is 9.31 Å². The van der Waals surface area contributed by atoms with Gasteiger partial charge in [0.15, 0.2) is 0 Å². The van der Waals surface area contributed by atoms with E-state index in [0.29, 0.717) is 17.2 Å². The smallest absolute Gasteiger partial charge is 0.340 e. The highest BCUT2D eigenvalue weighted by Gasteiger charge is 2.19. The van der Waals surface area contributed by atoms with Crippen molar-refractivity contribution in [3.8, 4) is 0 Å². The Labute approximate surface area is 111 Å². The quantitative estimate of drug-likeness (QED) is 0.801. The molecule has 0 saturated carbocycles. The van der Waals surface area contributed by atoms with Gasteiger partial charge in [-0.3, -0.25) is 0 Å². The Bertz CT molecular complexity index is 590. The first-order chi connectivity index (χ1) is 8.54. The molecule has 2 rings (SSSR count). The molecule has 0 atom stereocenters. The van der Waals surface area contributed by atoms with Crippen LogP contribution >= 0.6 is 11.6 Å². The summed E-state index contributed by atoms with van der Waals surface area (Å²) >= 11 is 5.98. The summed E-state index contributed by atoms with van der Waals surface area (Å²) in [6.07, 6.45) is 3.26. The van der Waals surface area contributed by atoms with Crippen molar-refractivity contribution in [2.24, 2.45) is 0 Å². The molecule has 0 N–H and O–H groups in total. The van der Waals surface area contributed by atoms with Crippen molar-refractivity contribution in [2.45, 2.75) is 26.7 Å². The summed E-state index contributed by atoms with van der Waals surface area (Å²) in [5.41, 5.74) is 2.27. The van der Waals surface area contributed by atoms with Crippen LogP contribution in [-0.2, 0) is 4.74 Å². The fourth-order valence-electron chi connectivity index (χ4n) is 2.02. The lowest BCUT2D eigenvalue weighted by molar-refractivity contribution is 0.0524. The highest BCUT2D eigenvalue weighted by atomic mass is 35.5. The van der Waals surface area contributed by atoms with Crippen molar-refractivity contribution >= 4 is 23.1 Å². The standard InChI is InChI=1S/C13H15ClN2O2/c1-4-18-13(17)10-6-15-16-7-9(14)5-11(16)12(10)8(2)3/h5-8H,4H2,1-3H3. The number of halogens is 1. The lowest BCUT2D eigenvalue weighted by Crippen LogP contribution is -2.12. The van der Waals surface area contributed by atoms with Gasteiger partial charge in [0, 0.05) is 6.20 Å². The van der Waals surface area contributed by atoms with Crippen molar-refractivity contribution in [2.75, 3.05) is 6.61 Å². The largest absolute Gasteiger partial charge is 0.462 e. The van der Waals surface area contributed by atoms with Gasteiger partial charge < -0.3 is 4.74 Å². The van der Waals surface area contributed by atoms with Gasteiger partial charge in [-0.2, -0.15) is 5.10 Å². The predicted molar refractivity (Wildman–Crippen MR) is 70.2 cm³/mol. The number of carbonyl (C=O) groups is 1. The van der Waals surface area contributed by atoms with E-state index in [1.807, 2.05) is 19.9 Å². The monoisotopic (exact) mass is 266 g/mol. The minimum absolute atomic E-state index is 0.181. The molecule has 0 aliphatic carbocycles. The van der Waals surface area contributed by atoms with Crippen molar-refractivity contribution in [1.29, 1.82) is 0 Å². The maximum absolute atomic E-state index is 11.9. The number of hydrogen-bond donors (Lipinski definition) is 0. The van der Waals surface area contributed by atoms with Crippen LogP contribution in [0, 0.1) is 0 Å². The number of carbonyl (C=O) groups excluding carboxylic acids is 1. The summed E-state index contributed by atoms with van der Waals surface area (Å²) in [7, 11) is 0. The minimum atomic E-state index is -0.339. The SMILES string of the molecule is CCOC(=O)c1cnn2cc(Cl)cc2c1C(C)C. The minimum Gasteiger partial charge on any atom is -0.462 e. The molecule has 0 amide bonds. The van der Waals surface area contributed by atoms with Gasteiger partial charge in [-0.05, 0) is 24.5 Å². The first kappa shape index (κ1) is 12.9. The van der Waals surface area contributed by atoms with Gasteiger partial charge in [-0.1, -0.05) is 25.4 Å². The lowest BCUT2D eigenvalue weighted by atomic mass is 9.98. The van der Waals surface area contributed by atoms with Crippen LogP contribution in [0.5, 0.6) is 0 Å². The van der Waals surface area contributed by atoms with Crippen LogP contribution in [0.15, 0.2) is 18.5 Å². The molecule has 2 aromatic rings. The Morgan fingerprint density at radius 3 is 2.89 bits per heavy atom. The molecule has 0 fully saturated rings. The number of hydrogen-bond acceptors (Lipinski definition) is 3. The maximum Gasteiger partial charge on any atom is 0.340 e. The molecule has 0 aliphatic heterocycles. The third-order valence-corrected chi connectivity index (χ3v) is 2.92. The maximum atomic E-state index is 11.9. The zero-order valence-corrected chi connectivity index (χ0v) is 11.4. The molecule has 0 aliphatic rings. The molecule has 18 heavy (non-hydrogen) atoms. The molecule has 0 bridgehead atoms. The Kier molecular flexibility index (Phi) is 3.57. The van der Waals surface area contributed by atoms with Gasteiger partial charge >= 0.3 is 5.97 Å². The molecule has 96 valence electrons. The van der Waals surface area contributed by atoms with Crippen LogP contribution < -0.4 is 0 Å². The van der Waals surface area contributed by atoms with E-state index in [1.165, 1.54) is 6.20 Å². The number of nitrogens with zero attached hydrogens (tertiary/aromatic N) is 2. The Morgan fingerprint density at radius 1 is 1.56 bits per heavy atom. The van der Waals surface area contributed by atoms with Gasteiger partial charge in [0.05, 0.1) is 28.9 Å². The Hall–Kier alpha value is -1.55. The van der Waals surface area contributed by atoms with Gasteiger partial charge in [-0.15, -0.1) is 0 Å². The highest BCUT2D eigenvalue weighted by Crippen LogP contribution is 2.27. The van der Waals surface area contributed by atoms with E-state index in [1.54, 1.807) is 17.6 Å². The second-order valence-corrected chi connectivity index (χ2v) is 4.77. The summed E-state index contributed by atoms with van der Waals surface area (Å²) in [6, 6.07) is 1.81. The lowest BCUT2D eigenvalue weighted by Gasteiger charge is -2.13. The summed E-state index contributed by atoms with van der Waals surface area (Å²) in [6.45, 7) is 6.19. The summed E-state index contributed by atoms with van der Waals surface area (Å²) < 4.78 is 6.73. The first-order valence-electron chi connectivity index (χ1n) is 5.88. The van der Waals surface area contributed by atoms with Crippen molar-refractivity contribution in [3.63, 3.8) is 0 Å². The number of aromatic nitrogens is 2. The van der Waals surface area contributed by atoms with Crippen LogP contribution in [0.4, 0.5) is 0 Å². The molecular weight excluding hydrogens is 252 g/mol. The van der Waals surface area contributed by atoms with Crippen LogP contribution in [0.2, 0.25) is 5.02 Å². The third-order valence-electron chi connectivity index (χ3n) is 2.72. The molecular formula is C13H15ClN2O2. The average Bonchev–Trinajstić information content (AvgIpc) is 2.67. The number of ether oxygens (including phenoxy) is 1. The zero-order chi connectivity index (χ0) is 13.3. The van der Waals surface area contributed by atoms with E-state index in [-0.39, 0.29) is 11.9 Å². The van der Waals surface area contributed by atoms with Crippen LogP contribution in [0.3, 0.4) is 0 Å². The normalized spacial score (nSPS) is 11.2. The third kappa shape index (κ3) is 2.20. The molecule has 5 heteroatoms. The topological polar surface area (TPSA) is 43.6 Å². The fraction of sp³-hybridized carbons (Fsp3) is 0.385. The number of fused-ring (bicyclic) bond motifs is 1. The van der Waals surface area contributed by atoms with Gasteiger partial charge in [0.2, 0.25) is 0 Å². The fourth-order valence-corrected chi connectivity index (χ4v) is 2.22. The van der Waals surface area contributed by atoms with Crippen LogP contribution in [0.1, 0.15) is 42.6 Å². The zero-order valence-electron chi connectivity index (χ0n) is 10.6. The van der Waals surface area contributed by atoms with E-state index in [2.05, 4.69) is 5.10 Å².